The molecule has 0 aromatic heterocycles. The predicted octanol–water partition coefficient (Wildman–Crippen LogP) is 2.72. The maximum Gasteiger partial charge on any atom is 0.306 e. The Balaban J connectivity index is 2.98. The number of anilines is 1. The molecule has 0 bridgehead atoms. The molecule has 0 heterocycles. The molecule has 0 radical (unpaired) electrons. The maximum absolute atomic E-state index is 13.0. The van der Waals surface area contributed by atoms with Gasteiger partial charge in [-0.2, -0.15) is 4.39 Å². The van der Waals surface area contributed by atoms with Crippen molar-refractivity contribution in [2.75, 3.05) is 5.32 Å². The molecule has 17 heavy (non-hydrogen) atoms. The first kappa shape index (κ1) is 13.1. The average Bonchev–Trinajstić information content (AvgIpc) is 2.19. The van der Waals surface area contributed by atoms with Gasteiger partial charge in [-0.1, -0.05) is 20.8 Å². The molecule has 0 spiro atoms. The number of carbonyl (C=O) groups is 1. The van der Waals surface area contributed by atoms with E-state index in [2.05, 4.69) is 5.32 Å². The van der Waals surface area contributed by atoms with Crippen LogP contribution in [0.4, 0.5) is 15.8 Å². The van der Waals surface area contributed by atoms with Gasteiger partial charge < -0.3 is 5.32 Å². The summed E-state index contributed by atoms with van der Waals surface area (Å²) in [4.78, 5) is 21.3. The Hall–Kier alpha value is -1.98. The fourth-order valence-corrected chi connectivity index (χ4v) is 1.05. The highest BCUT2D eigenvalue weighted by atomic mass is 19.1. The second-order valence-electron chi connectivity index (χ2n) is 4.63. The summed E-state index contributed by atoms with van der Waals surface area (Å²) in [6.07, 6.45) is 0. The normalized spacial score (nSPS) is 11.1. The average molecular weight is 240 g/mol. The van der Waals surface area contributed by atoms with Gasteiger partial charge in [0.15, 0.2) is 0 Å². The first-order valence-corrected chi connectivity index (χ1v) is 4.97. The minimum atomic E-state index is -0.927. The summed E-state index contributed by atoms with van der Waals surface area (Å²) in [6, 6.07) is 3.24. The van der Waals surface area contributed by atoms with Gasteiger partial charge in [-0.3, -0.25) is 14.9 Å². The van der Waals surface area contributed by atoms with Gasteiger partial charge in [0.2, 0.25) is 11.7 Å². The fourth-order valence-electron chi connectivity index (χ4n) is 1.05. The van der Waals surface area contributed by atoms with E-state index in [1.165, 1.54) is 6.07 Å². The maximum atomic E-state index is 13.0. The van der Waals surface area contributed by atoms with Crippen LogP contribution in [0.3, 0.4) is 0 Å². The Bertz CT molecular complexity index is 466. The van der Waals surface area contributed by atoms with Crippen LogP contribution in [-0.4, -0.2) is 10.8 Å². The molecule has 0 fully saturated rings. The minimum Gasteiger partial charge on any atom is -0.325 e. The summed E-state index contributed by atoms with van der Waals surface area (Å²) in [5.41, 5.74) is -1.07. The molecule has 6 heteroatoms. The number of halogens is 1. The zero-order valence-corrected chi connectivity index (χ0v) is 9.78. The molecule has 1 aromatic rings. The summed E-state index contributed by atoms with van der Waals surface area (Å²) in [5.74, 6) is -1.22. The molecule has 0 saturated heterocycles. The van der Waals surface area contributed by atoms with Gasteiger partial charge in [-0.15, -0.1) is 0 Å². The van der Waals surface area contributed by atoms with Crippen molar-refractivity contribution in [3.05, 3.63) is 34.1 Å². The summed E-state index contributed by atoms with van der Waals surface area (Å²) < 4.78 is 13.0. The van der Waals surface area contributed by atoms with Gasteiger partial charge in [0, 0.05) is 17.2 Å². The van der Waals surface area contributed by atoms with Crippen molar-refractivity contribution >= 4 is 17.3 Å². The molecule has 1 rings (SSSR count). The first-order chi connectivity index (χ1) is 7.71. The summed E-state index contributed by atoms with van der Waals surface area (Å²) in [6.45, 7) is 5.13. The zero-order chi connectivity index (χ0) is 13.2. The molecular weight excluding hydrogens is 227 g/mol. The summed E-state index contributed by atoms with van der Waals surface area (Å²) >= 11 is 0. The van der Waals surface area contributed by atoms with Gasteiger partial charge in [0.1, 0.15) is 0 Å². The lowest BCUT2D eigenvalue weighted by Crippen LogP contribution is -2.27. The van der Waals surface area contributed by atoms with Crippen LogP contribution < -0.4 is 5.32 Å². The number of carbonyl (C=O) groups excluding carboxylic acids is 1. The number of hydrogen-bond acceptors (Lipinski definition) is 3. The molecule has 1 amide bonds. The van der Waals surface area contributed by atoms with Crippen molar-refractivity contribution in [1.29, 1.82) is 0 Å². The second-order valence-corrected chi connectivity index (χ2v) is 4.63. The van der Waals surface area contributed by atoms with Crippen molar-refractivity contribution < 1.29 is 14.1 Å². The van der Waals surface area contributed by atoms with Crippen LogP contribution in [0, 0.1) is 21.3 Å². The van der Waals surface area contributed by atoms with E-state index in [1.807, 2.05) is 0 Å². The van der Waals surface area contributed by atoms with Gasteiger partial charge in [0.05, 0.1) is 4.92 Å². The Labute approximate surface area is 97.8 Å². The van der Waals surface area contributed by atoms with Gasteiger partial charge in [-0.05, 0) is 12.1 Å². The van der Waals surface area contributed by atoms with E-state index in [-0.39, 0.29) is 11.6 Å². The lowest BCUT2D eigenvalue weighted by atomic mass is 9.95. The second kappa shape index (κ2) is 4.48. The van der Waals surface area contributed by atoms with Gasteiger partial charge >= 0.3 is 5.69 Å². The molecule has 0 atom stereocenters. The number of nitro groups is 1. The van der Waals surface area contributed by atoms with E-state index in [0.29, 0.717) is 0 Å². The van der Waals surface area contributed by atoms with E-state index in [1.54, 1.807) is 20.8 Å². The van der Waals surface area contributed by atoms with Crippen molar-refractivity contribution in [2.24, 2.45) is 5.41 Å². The largest absolute Gasteiger partial charge is 0.325 e. The molecule has 0 aliphatic rings. The van der Waals surface area contributed by atoms with Crippen molar-refractivity contribution in [1.82, 2.24) is 0 Å². The molecule has 0 aliphatic heterocycles. The van der Waals surface area contributed by atoms with Crippen molar-refractivity contribution in [3.8, 4) is 0 Å². The quantitative estimate of drug-likeness (QED) is 0.638. The lowest BCUT2D eigenvalue weighted by Gasteiger charge is -2.17. The number of amides is 1. The van der Waals surface area contributed by atoms with E-state index in [9.17, 15) is 19.3 Å². The Morgan fingerprint density at radius 1 is 1.41 bits per heavy atom. The third-order valence-corrected chi connectivity index (χ3v) is 2.08. The van der Waals surface area contributed by atoms with E-state index < -0.39 is 21.8 Å². The molecule has 0 saturated carbocycles. The van der Waals surface area contributed by atoms with E-state index in [4.69, 9.17) is 0 Å². The van der Waals surface area contributed by atoms with Crippen molar-refractivity contribution in [2.45, 2.75) is 20.8 Å². The first-order valence-electron chi connectivity index (χ1n) is 4.97. The van der Waals surface area contributed by atoms with E-state index in [0.717, 1.165) is 12.1 Å². The molecule has 1 aromatic carbocycles. The highest BCUT2D eigenvalue weighted by Gasteiger charge is 2.22. The lowest BCUT2D eigenvalue weighted by molar-refractivity contribution is -0.387. The fraction of sp³-hybridized carbons (Fsp3) is 0.364. The molecule has 5 nitrogen and oxygen atoms in total. The standard InChI is InChI=1S/C11H13FN2O3/c1-11(2,3)10(15)13-7-4-5-8(12)9(6-7)14(16)17/h4-6H,1-3H3,(H,13,15). The number of nitro benzene ring substituents is 1. The van der Waals surface area contributed by atoms with Gasteiger partial charge in [0.25, 0.3) is 0 Å². The van der Waals surface area contributed by atoms with E-state index >= 15 is 0 Å². The molecule has 92 valence electrons. The number of benzene rings is 1. The van der Waals surface area contributed by atoms with Gasteiger partial charge in [-0.25, -0.2) is 0 Å². The Morgan fingerprint density at radius 3 is 2.47 bits per heavy atom. The monoisotopic (exact) mass is 240 g/mol. The smallest absolute Gasteiger partial charge is 0.306 e. The topological polar surface area (TPSA) is 72.2 Å². The Kier molecular flexibility index (Phi) is 3.45. The van der Waals surface area contributed by atoms with Crippen LogP contribution in [0.2, 0.25) is 0 Å². The van der Waals surface area contributed by atoms with Crippen molar-refractivity contribution in [3.63, 3.8) is 0 Å². The number of rotatable bonds is 2. The number of nitrogens with one attached hydrogen (secondary N) is 1. The minimum absolute atomic E-state index is 0.207. The Morgan fingerprint density at radius 2 is 2.00 bits per heavy atom. The third-order valence-electron chi connectivity index (χ3n) is 2.08. The molecule has 0 unspecified atom stereocenters. The SMILES string of the molecule is CC(C)(C)C(=O)Nc1ccc(F)c([N+](=O)[O-])c1. The summed E-state index contributed by atoms with van der Waals surface area (Å²) in [7, 11) is 0. The molecule has 0 aliphatic carbocycles. The number of nitrogens with zero attached hydrogens (tertiary/aromatic N) is 1. The van der Waals surface area contributed by atoms with Crippen LogP contribution >= 0.6 is 0 Å². The molecule has 1 N–H and O–H groups in total. The predicted molar refractivity (Wildman–Crippen MR) is 61.1 cm³/mol. The highest BCUT2D eigenvalue weighted by Crippen LogP contribution is 2.23. The van der Waals surface area contributed by atoms with Crippen LogP contribution in [0.1, 0.15) is 20.8 Å². The third kappa shape index (κ3) is 3.24. The number of hydrogen-bond donors (Lipinski definition) is 1. The van der Waals surface area contributed by atoms with Crippen LogP contribution in [0.5, 0.6) is 0 Å². The van der Waals surface area contributed by atoms with Crippen LogP contribution in [0.25, 0.3) is 0 Å². The zero-order valence-electron chi connectivity index (χ0n) is 9.78. The molecular formula is C11H13FN2O3. The summed E-state index contributed by atoms with van der Waals surface area (Å²) in [5, 5.41) is 13.0. The van der Waals surface area contributed by atoms with Crippen LogP contribution in [-0.2, 0) is 4.79 Å². The highest BCUT2D eigenvalue weighted by molar-refractivity contribution is 5.94. The van der Waals surface area contributed by atoms with Crippen LogP contribution in [0.15, 0.2) is 18.2 Å².